The van der Waals surface area contributed by atoms with Crippen LogP contribution in [-0.4, -0.2) is 11.5 Å². The smallest absolute Gasteiger partial charge is 0.129 e. The Morgan fingerprint density at radius 2 is 1.61 bits per heavy atom. The lowest BCUT2D eigenvalue weighted by atomic mass is 9.80. The highest BCUT2D eigenvalue weighted by Crippen LogP contribution is 2.49. The maximum atomic E-state index is 6.26. The number of benzene rings is 2. The fraction of sp³-hybridized carbons (Fsp3) is 0.125. The van der Waals surface area contributed by atoms with Crippen LogP contribution in [0.25, 0.3) is 32.0 Å². The van der Waals surface area contributed by atoms with Crippen molar-refractivity contribution in [1.29, 1.82) is 0 Å². The summed E-state index contributed by atoms with van der Waals surface area (Å²) in [5.74, 6) is 0. The van der Waals surface area contributed by atoms with Gasteiger partial charge in [-0.2, -0.15) is 0 Å². The van der Waals surface area contributed by atoms with Crippen LogP contribution < -0.4 is 5.73 Å². The van der Waals surface area contributed by atoms with E-state index in [1.165, 1.54) is 37.6 Å². The third-order valence-corrected chi connectivity index (χ3v) is 7.13. The minimum atomic E-state index is -0.152. The van der Waals surface area contributed by atoms with Crippen molar-refractivity contribution in [2.24, 2.45) is 5.73 Å². The zero-order valence-corrected chi connectivity index (χ0v) is 17.0. The summed E-state index contributed by atoms with van der Waals surface area (Å²) in [4.78, 5) is 6.49. The maximum Gasteiger partial charge on any atom is 0.129 e. The summed E-state index contributed by atoms with van der Waals surface area (Å²) in [6, 6.07) is 23.6. The second kappa shape index (κ2) is 6.56. The summed E-state index contributed by atoms with van der Waals surface area (Å²) in [5, 5.41) is 0.515. The van der Waals surface area contributed by atoms with Crippen LogP contribution in [0.15, 0.2) is 72.9 Å². The van der Waals surface area contributed by atoms with Gasteiger partial charge in [0.15, 0.2) is 0 Å². The Morgan fingerprint density at radius 3 is 2.36 bits per heavy atom. The molecular formula is C24H19ClN2S. The van der Waals surface area contributed by atoms with Crippen LogP contribution in [0.5, 0.6) is 0 Å². The molecule has 4 aromatic rings. The highest BCUT2D eigenvalue weighted by Gasteiger charge is 2.38. The Balaban J connectivity index is 1.60. The number of hydrogen-bond acceptors (Lipinski definition) is 3. The fourth-order valence-corrected chi connectivity index (χ4v) is 5.33. The third-order valence-electron chi connectivity index (χ3n) is 5.74. The lowest BCUT2D eigenvalue weighted by Gasteiger charge is -2.25. The third kappa shape index (κ3) is 2.62. The largest absolute Gasteiger partial charge is 0.329 e. The number of hydrogen-bond donors (Lipinski definition) is 1. The van der Waals surface area contributed by atoms with Gasteiger partial charge >= 0.3 is 0 Å². The summed E-state index contributed by atoms with van der Waals surface area (Å²) in [7, 11) is 0. The highest BCUT2D eigenvalue weighted by molar-refractivity contribution is 7.18. The molecule has 0 bridgehead atoms. The quantitative estimate of drug-likeness (QED) is 0.404. The molecule has 2 N–H and O–H groups in total. The van der Waals surface area contributed by atoms with Crippen LogP contribution in [0.2, 0.25) is 5.15 Å². The number of halogens is 1. The molecule has 2 nitrogen and oxygen atoms in total. The Hall–Kier alpha value is -2.46. The number of nitrogens with zero attached hydrogens (tertiary/aromatic N) is 1. The van der Waals surface area contributed by atoms with Crippen molar-refractivity contribution in [2.75, 3.05) is 6.54 Å². The first-order valence-corrected chi connectivity index (χ1v) is 10.5. The lowest BCUT2D eigenvalue weighted by Crippen LogP contribution is -2.30. The van der Waals surface area contributed by atoms with Gasteiger partial charge in [0.05, 0.1) is 0 Å². The highest BCUT2D eigenvalue weighted by atomic mass is 35.5. The van der Waals surface area contributed by atoms with Crippen LogP contribution in [-0.2, 0) is 5.41 Å². The zero-order chi connectivity index (χ0) is 19.3. The molecule has 0 fully saturated rings. The molecule has 0 saturated carbocycles. The maximum absolute atomic E-state index is 6.26. The van der Waals surface area contributed by atoms with Crippen molar-refractivity contribution in [1.82, 2.24) is 4.98 Å². The second-order valence-corrected chi connectivity index (χ2v) is 8.84. The van der Waals surface area contributed by atoms with Crippen molar-refractivity contribution in [2.45, 2.75) is 12.3 Å². The monoisotopic (exact) mass is 402 g/mol. The van der Waals surface area contributed by atoms with Gasteiger partial charge in [0.2, 0.25) is 0 Å². The van der Waals surface area contributed by atoms with Gasteiger partial charge in [-0.1, -0.05) is 54.9 Å². The molecule has 0 saturated heterocycles. The van der Waals surface area contributed by atoms with Gasteiger partial charge in [-0.15, -0.1) is 11.3 Å². The van der Waals surface area contributed by atoms with E-state index in [4.69, 9.17) is 17.3 Å². The number of aromatic nitrogens is 1. The predicted molar refractivity (Wildman–Crippen MR) is 119 cm³/mol. The Kier molecular flexibility index (Phi) is 4.13. The summed E-state index contributed by atoms with van der Waals surface area (Å²) in [6.45, 7) is 2.84. The average molecular weight is 403 g/mol. The zero-order valence-electron chi connectivity index (χ0n) is 15.4. The normalized spacial score (nSPS) is 17.4. The van der Waals surface area contributed by atoms with E-state index in [9.17, 15) is 0 Å². The molecule has 1 unspecified atom stereocenters. The van der Waals surface area contributed by atoms with Gasteiger partial charge in [-0.05, 0) is 63.7 Å². The molecule has 2 aromatic carbocycles. The molecule has 2 aromatic heterocycles. The molecular weight excluding hydrogens is 384 g/mol. The summed E-state index contributed by atoms with van der Waals surface area (Å²) < 4.78 is 0. The number of fused-ring (bicyclic) bond motifs is 3. The SMILES string of the molecule is CC1(CN)c2ccccc2-c2ccc(-c3ccc(-c4ccnc(Cl)c4)s3)cc21. The van der Waals surface area contributed by atoms with Crippen LogP contribution in [0.1, 0.15) is 18.1 Å². The van der Waals surface area contributed by atoms with E-state index in [-0.39, 0.29) is 5.41 Å². The van der Waals surface area contributed by atoms with E-state index in [0.717, 1.165) is 5.56 Å². The Morgan fingerprint density at radius 1 is 0.893 bits per heavy atom. The topological polar surface area (TPSA) is 38.9 Å². The molecule has 28 heavy (non-hydrogen) atoms. The van der Waals surface area contributed by atoms with Crippen molar-refractivity contribution >= 4 is 22.9 Å². The van der Waals surface area contributed by atoms with E-state index in [0.29, 0.717) is 11.7 Å². The lowest BCUT2D eigenvalue weighted by molar-refractivity contribution is 0.600. The van der Waals surface area contributed by atoms with Gasteiger partial charge in [0, 0.05) is 27.9 Å². The second-order valence-electron chi connectivity index (χ2n) is 7.37. The Bertz CT molecular complexity index is 1200. The molecule has 0 radical (unpaired) electrons. The molecule has 1 aliphatic rings. The van der Waals surface area contributed by atoms with Gasteiger partial charge in [-0.3, -0.25) is 0 Å². The number of nitrogens with two attached hydrogens (primary N) is 1. The predicted octanol–water partition coefficient (Wildman–Crippen LogP) is 6.38. The average Bonchev–Trinajstić information content (AvgIpc) is 3.31. The molecule has 138 valence electrons. The van der Waals surface area contributed by atoms with Crippen molar-refractivity contribution in [3.05, 3.63) is 89.2 Å². The minimum Gasteiger partial charge on any atom is -0.329 e. The van der Waals surface area contributed by atoms with Crippen molar-refractivity contribution in [3.8, 4) is 32.0 Å². The van der Waals surface area contributed by atoms with E-state index in [1.807, 2.05) is 12.1 Å². The van der Waals surface area contributed by atoms with Gasteiger partial charge in [-0.25, -0.2) is 4.98 Å². The van der Waals surface area contributed by atoms with Gasteiger partial charge < -0.3 is 5.73 Å². The molecule has 2 heterocycles. The van der Waals surface area contributed by atoms with E-state index in [1.54, 1.807) is 17.5 Å². The van der Waals surface area contributed by atoms with E-state index in [2.05, 4.69) is 66.5 Å². The summed E-state index contributed by atoms with van der Waals surface area (Å²) in [5.41, 5.74) is 13.7. The fourth-order valence-electron chi connectivity index (χ4n) is 4.16. The molecule has 5 rings (SSSR count). The standard InChI is InChI=1S/C24H19ClN2S/c1-24(14-26)19-5-3-2-4-17(19)18-7-6-15(12-20(18)24)21-8-9-22(28-21)16-10-11-27-23(25)13-16/h2-13H,14,26H2,1H3. The summed E-state index contributed by atoms with van der Waals surface area (Å²) in [6.07, 6.45) is 1.75. The minimum absolute atomic E-state index is 0.152. The van der Waals surface area contributed by atoms with E-state index < -0.39 is 0 Å². The Labute approximate surface area is 173 Å². The number of pyridine rings is 1. The number of thiophene rings is 1. The summed E-state index contributed by atoms with van der Waals surface area (Å²) >= 11 is 7.82. The molecule has 1 atom stereocenters. The molecule has 1 aliphatic carbocycles. The van der Waals surface area contributed by atoms with Crippen LogP contribution in [0, 0.1) is 0 Å². The number of rotatable bonds is 3. The van der Waals surface area contributed by atoms with Crippen LogP contribution >= 0.6 is 22.9 Å². The van der Waals surface area contributed by atoms with Gasteiger partial charge in [0.25, 0.3) is 0 Å². The molecule has 0 amide bonds. The van der Waals surface area contributed by atoms with Crippen molar-refractivity contribution in [3.63, 3.8) is 0 Å². The van der Waals surface area contributed by atoms with E-state index >= 15 is 0 Å². The molecule has 4 heteroatoms. The molecule has 0 aliphatic heterocycles. The van der Waals surface area contributed by atoms with Crippen LogP contribution in [0.4, 0.5) is 0 Å². The van der Waals surface area contributed by atoms with Gasteiger partial charge in [0.1, 0.15) is 5.15 Å². The van der Waals surface area contributed by atoms with Crippen LogP contribution in [0.3, 0.4) is 0 Å². The first kappa shape index (κ1) is 17.6. The first-order chi connectivity index (χ1) is 13.6. The van der Waals surface area contributed by atoms with Crippen molar-refractivity contribution < 1.29 is 0 Å². The first-order valence-electron chi connectivity index (χ1n) is 9.27. The molecule has 0 spiro atoms.